The molecule has 0 heterocycles. The molecule has 60 valence electrons. The van der Waals surface area contributed by atoms with Crippen molar-refractivity contribution in [1.29, 1.82) is 0 Å². The van der Waals surface area contributed by atoms with E-state index in [1.165, 1.54) is 12.2 Å². The molecule has 0 radical (unpaired) electrons. The molecular weight excluding hydrogens is 175 g/mol. The molecule has 0 aromatic heterocycles. The fourth-order valence-electron chi connectivity index (χ4n) is 0.344. The summed E-state index contributed by atoms with van der Waals surface area (Å²) < 4.78 is 25.7. The third-order valence-electron chi connectivity index (χ3n) is 0.687. The summed E-state index contributed by atoms with van der Waals surface area (Å²) in [6.07, 6.45) is 2.65. The van der Waals surface area contributed by atoms with E-state index in [0.717, 1.165) is 0 Å². The van der Waals surface area contributed by atoms with Crippen LogP contribution in [-0.4, -0.2) is 20.8 Å². The minimum Gasteiger partial charge on any atom is -1.00 e. The van der Waals surface area contributed by atoms with Crippen LogP contribution in [0.5, 0.6) is 0 Å². The van der Waals surface area contributed by atoms with Gasteiger partial charge in [0.1, 0.15) is 0 Å². The van der Waals surface area contributed by atoms with E-state index < -0.39 is 10.1 Å². The van der Waals surface area contributed by atoms with Gasteiger partial charge in [-0.1, -0.05) is 12.2 Å². The van der Waals surface area contributed by atoms with Crippen molar-refractivity contribution in [3.63, 3.8) is 0 Å². The second-order valence-corrected chi connectivity index (χ2v) is 3.27. The topological polar surface area (TPSA) is 43.4 Å². The van der Waals surface area contributed by atoms with Crippen LogP contribution in [0, 0.1) is 0 Å². The summed E-state index contributed by atoms with van der Waals surface area (Å²) in [5, 5.41) is 0. The van der Waals surface area contributed by atoms with Gasteiger partial charge in [0, 0.05) is 0 Å². The summed E-state index contributed by atoms with van der Waals surface area (Å²) in [7, 11) is -3.38. The molecule has 0 unspecified atom stereocenters. The van der Waals surface area contributed by atoms with Gasteiger partial charge in [-0.2, -0.15) is 8.42 Å². The molecule has 0 saturated heterocycles. The average molecular weight is 186 g/mol. The third-order valence-corrected chi connectivity index (χ3v) is 1.83. The van der Waals surface area contributed by atoms with Gasteiger partial charge in [0.2, 0.25) is 0 Å². The quantitative estimate of drug-likeness (QED) is 0.278. The van der Waals surface area contributed by atoms with Crippen LogP contribution in [0.25, 0.3) is 0 Å². The molecule has 0 aliphatic carbocycles. The molecule has 5 heteroatoms. The zero-order valence-corrected chi connectivity index (χ0v) is 9.43. The molecule has 0 amide bonds. The van der Waals surface area contributed by atoms with E-state index in [9.17, 15) is 8.42 Å². The molecule has 0 saturated carbocycles. The van der Waals surface area contributed by atoms with Crippen LogP contribution in [-0.2, 0) is 14.3 Å². The fourth-order valence-corrected chi connectivity index (χ4v) is 1.03. The van der Waals surface area contributed by atoms with Gasteiger partial charge in [0.25, 0.3) is 10.1 Å². The molecule has 0 aromatic rings. The molecule has 0 N–H and O–H groups in total. The maximum absolute atomic E-state index is 10.6. The number of hydrogen-bond donors (Lipinski definition) is 0. The van der Waals surface area contributed by atoms with Crippen molar-refractivity contribution in [2.45, 2.75) is 0 Å². The van der Waals surface area contributed by atoms with Crippen molar-refractivity contribution in [1.82, 2.24) is 0 Å². The summed E-state index contributed by atoms with van der Waals surface area (Å²) in [6, 6.07) is 0. The summed E-state index contributed by atoms with van der Waals surface area (Å²) in [5.74, 6) is -0.152. The second kappa shape index (κ2) is 7.06. The first-order valence-corrected chi connectivity index (χ1v) is 4.29. The Morgan fingerprint density at radius 1 is 1.36 bits per heavy atom. The van der Waals surface area contributed by atoms with E-state index in [2.05, 4.69) is 17.3 Å². The Hall–Kier alpha value is 0.390. The van der Waals surface area contributed by atoms with Crippen LogP contribution >= 0.6 is 0 Å². The van der Waals surface area contributed by atoms with Gasteiger partial charge in [-0.15, -0.1) is 13.2 Å². The first kappa shape index (κ1) is 13.9. The van der Waals surface area contributed by atoms with E-state index in [1.54, 1.807) is 0 Å². The van der Waals surface area contributed by atoms with Crippen LogP contribution in [0.3, 0.4) is 0 Å². The normalized spacial score (nSPS) is 9.82. The van der Waals surface area contributed by atoms with Crippen molar-refractivity contribution >= 4 is 10.1 Å². The molecule has 0 bridgehead atoms. The molecule has 0 aliphatic heterocycles. The largest absolute Gasteiger partial charge is 1.00 e. The fraction of sp³-hybridized carbons (Fsp3) is 0.333. The zero-order valence-electron chi connectivity index (χ0n) is 7.62. The minimum atomic E-state index is -3.38. The Balaban J connectivity index is -0.000000405. The maximum Gasteiger partial charge on any atom is 1.00 e. The molecule has 11 heavy (non-hydrogen) atoms. The van der Waals surface area contributed by atoms with E-state index in [0.29, 0.717) is 0 Å². The Morgan fingerprint density at radius 3 is 2.27 bits per heavy atom. The first-order valence-electron chi connectivity index (χ1n) is 2.71. The summed E-state index contributed by atoms with van der Waals surface area (Å²) >= 11 is 0. The van der Waals surface area contributed by atoms with Gasteiger partial charge in [-0.25, -0.2) is 0 Å². The van der Waals surface area contributed by atoms with Crippen LogP contribution < -0.4 is 29.6 Å². The van der Waals surface area contributed by atoms with Gasteiger partial charge in [-0.3, -0.25) is 4.18 Å². The van der Waals surface area contributed by atoms with Crippen LogP contribution in [0.15, 0.2) is 25.3 Å². The van der Waals surface area contributed by atoms with Gasteiger partial charge < -0.3 is 1.43 Å². The monoisotopic (exact) mass is 186 g/mol. The van der Waals surface area contributed by atoms with Gasteiger partial charge in [0.15, 0.2) is 0 Å². The smallest absolute Gasteiger partial charge is 1.00 e. The molecule has 0 aliphatic rings. The Morgan fingerprint density at radius 2 is 1.91 bits per heavy atom. The molecule has 0 atom stereocenters. The Bertz CT molecular complexity index is 213. The van der Waals surface area contributed by atoms with Crippen molar-refractivity contribution in [3.05, 3.63) is 25.3 Å². The second-order valence-electron chi connectivity index (χ2n) is 1.59. The predicted octanol–water partition coefficient (Wildman–Crippen LogP) is -2.18. The molecule has 0 spiro atoms. The van der Waals surface area contributed by atoms with Crippen molar-refractivity contribution in [2.75, 3.05) is 12.4 Å². The SMILES string of the molecule is C=CCOS(=O)(=O)CC=C.[H-].[Na+]. The zero-order chi connectivity index (χ0) is 8.04. The van der Waals surface area contributed by atoms with Crippen LogP contribution in [0.4, 0.5) is 0 Å². The van der Waals surface area contributed by atoms with E-state index in [-0.39, 0.29) is 43.3 Å². The standard InChI is InChI=1S/C6H10O3S.Na.H/c1-3-5-9-10(7,8)6-4-2;;/h3-4H,1-2,5-6H2;;/q;+1;-1. The summed E-state index contributed by atoms with van der Waals surface area (Å²) in [6.45, 7) is 6.60. The average Bonchev–Trinajstić information content (AvgIpc) is 1.84. The van der Waals surface area contributed by atoms with Crippen LogP contribution in [0.1, 0.15) is 1.43 Å². The summed E-state index contributed by atoms with van der Waals surface area (Å²) in [4.78, 5) is 0. The van der Waals surface area contributed by atoms with Crippen molar-refractivity contribution in [3.8, 4) is 0 Å². The molecule has 3 nitrogen and oxygen atoms in total. The molecular formula is C6H11NaO3S. The number of hydrogen-bond acceptors (Lipinski definition) is 3. The Labute approximate surface area is 91.0 Å². The van der Waals surface area contributed by atoms with Gasteiger partial charge in [-0.05, 0) is 0 Å². The molecule has 0 fully saturated rings. The Kier molecular flexibility index (Phi) is 8.95. The van der Waals surface area contributed by atoms with E-state index in [1.807, 2.05) is 0 Å². The predicted molar refractivity (Wildman–Crippen MR) is 41.2 cm³/mol. The third kappa shape index (κ3) is 8.29. The first-order chi connectivity index (χ1) is 4.62. The van der Waals surface area contributed by atoms with Gasteiger partial charge >= 0.3 is 29.6 Å². The van der Waals surface area contributed by atoms with E-state index >= 15 is 0 Å². The number of rotatable bonds is 5. The van der Waals surface area contributed by atoms with E-state index in [4.69, 9.17) is 0 Å². The molecule has 0 rings (SSSR count). The molecule has 0 aromatic carbocycles. The van der Waals surface area contributed by atoms with Crippen LogP contribution in [0.2, 0.25) is 0 Å². The van der Waals surface area contributed by atoms with Crippen molar-refractivity contribution < 1.29 is 43.6 Å². The summed E-state index contributed by atoms with van der Waals surface area (Å²) in [5.41, 5.74) is 0. The minimum absolute atomic E-state index is 0. The van der Waals surface area contributed by atoms with Crippen molar-refractivity contribution in [2.24, 2.45) is 0 Å². The maximum atomic E-state index is 10.6. The van der Waals surface area contributed by atoms with Gasteiger partial charge in [0.05, 0.1) is 12.4 Å².